The molecule has 0 saturated carbocycles. The van der Waals surface area contributed by atoms with Gasteiger partial charge in [-0.2, -0.15) is 0 Å². The molecule has 0 bridgehead atoms. The third-order valence-electron chi connectivity index (χ3n) is 5.77. The summed E-state index contributed by atoms with van der Waals surface area (Å²) in [4.78, 5) is 33.7. The molecule has 8 heteroatoms. The summed E-state index contributed by atoms with van der Waals surface area (Å²) < 4.78 is 5.44. The lowest BCUT2D eigenvalue weighted by Gasteiger charge is -2.34. The fraction of sp³-hybridized carbons (Fsp3) is 0.435. The SMILES string of the molecule is O=C(c1cnc2c(c1)N(CC1CCOCC1)C(=O)CN2)N(CCO)Cc1ccccc1. The van der Waals surface area contributed by atoms with E-state index in [1.807, 2.05) is 30.3 Å². The zero-order chi connectivity index (χ0) is 21.6. The summed E-state index contributed by atoms with van der Waals surface area (Å²) in [6.45, 7) is 2.69. The minimum Gasteiger partial charge on any atom is -0.395 e. The van der Waals surface area contributed by atoms with E-state index >= 15 is 0 Å². The molecule has 2 amide bonds. The molecule has 0 spiro atoms. The van der Waals surface area contributed by atoms with Crippen LogP contribution in [0.5, 0.6) is 0 Å². The Morgan fingerprint density at radius 2 is 2.03 bits per heavy atom. The number of ether oxygens (including phenoxy) is 1. The third kappa shape index (κ3) is 5.03. The van der Waals surface area contributed by atoms with Gasteiger partial charge in [0, 0.05) is 39.0 Å². The Morgan fingerprint density at radius 3 is 2.77 bits per heavy atom. The normalized spacial score (nSPS) is 16.5. The molecule has 1 fully saturated rings. The summed E-state index contributed by atoms with van der Waals surface area (Å²) in [6.07, 6.45) is 3.37. The lowest BCUT2D eigenvalue weighted by Crippen LogP contribution is -2.44. The zero-order valence-corrected chi connectivity index (χ0v) is 17.5. The molecule has 0 atom stereocenters. The quantitative estimate of drug-likeness (QED) is 0.705. The topological polar surface area (TPSA) is 95.0 Å². The lowest BCUT2D eigenvalue weighted by molar-refractivity contribution is -0.117. The molecule has 0 unspecified atom stereocenters. The predicted molar refractivity (Wildman–Crippen MR) is 117 cm³/mol. The van der Waals surface area contributed by atoms with Gasteiger partial charge < -0.3 is 25.0 Å². The molecule has 4 rings (SSSR count). The number of aromatic nitrogens is 1. The molecular formula is C23H28N4O4. The first-order chi connectivity index (χ1) is 15.2. The summed E-state index contributed by atoms with van der Waals surface area (Å²) in [6, 6.07) is 11.4. The van der Waals surface area contributed by atoms with Crippen molar-refractivity contribution in [1.82, 2.24) is 9.88 Å². The molecule has 2 aliphatic heterocycles. The molecule has 3 heterocycles. The summed E-state index contributed by atoms with van der Waals surface area (Å²) in [5.74, 6) is 0.728. The van der Waals surface area contributed by atoms with E-state index in [1.54, 1.807) is 15.9 Å². The van der Waals surface area contributed by atoms with Gasteiger partial charge in [-0.3, -0.25) is 9.59 Å². The number of benzene rings is 1. The summed E-state index contributed by atoms with van der Waals surface area (Å²) in [5, 5.41) is 12.5. The van der Waals surface area contributed by atoms with Crippen LogP contribution < -0.4 is 10.2 Å². The van der Waals surface area contributed by atoms with Crippen LogP contribution in [0.4, 0.5) is 11.5 Å². The van der Waals surface area contributed by atoms with Crippen LogP contribution in [0.2, 0.25) is 0 Å². The highest BCUT2D eigenvalue weighted by Crippen LogP contribution is 2.31. The average molecular weight is 425 g/mol. The fourth-order valence-electron chi connectivity index (χ4n) is 4.05. The molecule has 0 aliphatic carbocycles. The standard InChI is InChI=1S/C23H28N4O4/c28-9-8-26(15-17-4-2-1-3-5-17)23(30)19-12-20-22(24-13-19)25-14-21(29)27(20)16-18-6-10-31-11-7-18/h1-5,12-13,18,28H,6-11,14-16H2,(H,24,25). The van der Waals surface area contributed by atoms with E-state index in [4.69, 9.17) is 4.74 Å². The number of carbonyl (C=O) groups is 2. The van der Waals surface area contributed by atoms with E-state index in [9.17, 15) is 14.7 Å². The number of hydrogen-bond donors (Lipinski definition) is 2. The number of rotatable bonds is 7. The molecule has 1 saturated heterocycles. The Bertz CT molecular complexity index is 915. The monoisotopic (exact) mass is 424 g/mol. The maximum absolute atomic E-state index is 13.2. The van der Waals surface area contributed by atoms with Gasteiger partial charge in [-0.05, 0) is 30.4 Å². The van der Waals surface area contributed by atoms with Crippen molar-refractivity contribution in [1.29, 1.82) is 0 Å². The number of hydrogen-bond acceptors (Lipinski definition) is 6. The number of aliphatic hydroxyl groups is 1. The highest BCUT2D eigenvalue weighted by molar-refractivity contribution is 6.04. The number of nitrogens with one attached hydrogen (secondary N) is 1. The number of amides is 2. The Labute approximate surface area is 181 Å². The first-order valence-corrected chi connectivity index (χ1v) is 10.7. The number of pyridine rings is 1. The van der Waals surface area contributed by atoms with Gasteiger partial charge in [-0.25, -0.2) is 4.98 Å². The second-order valence-electron chi connectivity index (χ2n) is 7.94. The zero-order valence-electron chi connectivity index (χ0n) is 17.5. The minimum absolute atomic E-state index is 0.0260. The highest BCUT2D eigenvalue weighted by Gasteiger charge is 2.29. The molecule has 1 aromatic carbocycles. The van der Waals surface area contributed by atoms with Crippen LogP contribution in [-0.2, 0) is 16.1 Å². The van der Waals surface area contributed by atoms with Crippen molar-refractivity contribution < 1.29 is 19.4 Å². The number of anilines is 2. The molecule has 2 N–H and O–H groups in total. The number of fused-ring (bicyclic) bond motifs is 1. The number of aliphatic hydroxyl groups excluding tert-OH is 1. The summed E-state index contributed by atoms with van der Waals surface area (Å²) >= 11 is 0. The van der Waals surface area contributed by atoms with E-state index in [2.05, 4.69) is 10.3 Å². The van der Waals surface area contributed by atoms with Crippen molar-refractivity contribution in [2.45, 2.75) is 19.4 Å². The molecule has 0 radical (unpaired) electrons. The van der Waals surface area contributed by atoms with Gasteiger partial charge in [0.2, 0.25) is 5.91 Å². The maximum Gasteiger partial charge on any atom is 0.255 e. The first-order valence-electron chi connectivity index (χ1n) is 10.7. The Kier molecular flexibility index (Phi) is 6.79. The Hall–Kier alpha value is -2.97. The van der Waals surface area contributed by atoms with Crippen molar-refractivity contribution in [2.75, 3.05) is 49.7 Å². The molecule has 1 aromatic heterocycles. The van der Waals surface area contributed by atoms with Gasteiger partial charge in [0.15, 0.2) is 0 Å². The van der Waals surface area contributed by atoms with E-state index in [0.29, 0.717) is 49.3 Å². The Balaban J connectivity index is 1.57. The van der Waals surface area contributed by atoms with Gasteiger partial charge >= 0.3 is 0 Å². The van der Waals surface area contributed by atoms with Crippen molar-refractivity contribution in [2.24, 2.45) is 5.92 Å². The van der Waals surface area contributed by atoms with E-state index in [1.165, 1.54) is 6.20 Å². The lowest BCUT2D eigenvalue weighted by atomic mass is 9.99. The maximum atomic E-state index is 13.2. The van der Waals surface area contributed by atoms with E-state index in [-0.39, 0.29) is 31.5 Å². The van der Waals surface area contributed by atoms with Crippen molar-refractivity contribution >= 4 is 23.3 Å². The average Bonchev–Trinajstić information content (AvgIpc) is 2.81. The second-order valence-corrected chi connectivity index (χ2v) is 7.94. The van der Waals surface area contributed by atoms with Crippen molar-refractivity contribution in [3.8, 4) is 0 Å². The van der Waals surface area contributed by atoms with Crippen LogP contribution in [0, 0.1) is 5.92 Å². The largest absolute Gasteiger partial charge is 0.395 e. The third-order valence-corrected chi connectivity index (χ3v) is 5.77. The summed E-state index contributed by atoms with van der Waals surface area (Å²) in [7, 11) is 0. The van der Waals surface area contributed by atoms with Gasteiger partial charge in [0.05, 0.1) is 24.4 Å². The Morgan fingerprint density at radius 1 is 1.26 bits per heavy atom. The van der Waals surface area contributed by atoms with Gasteiger partial charge in [-0.15, -0.1) is 0 Å². The van der Waals surface area contributed by atoms with Crippen molar-refractivity contribution in [3.63, 3.8) is 0 Å². The fourth-order valence-corrected chi connectivity index (χ4v) is 4.05. The van der Waals surface area contributed by atoms with Crippen LogP contribution in [0.25, 0.3) is 0 Å². The predicted octanol–water partition coefficient (Wildman–Crippen LogP) is 1.90. The van der Waals surface area contributed by atoms with Crippen LogP contribution in [0.15, 0.2) is 42.6 Å². The molecular weight excluding hydrogens is 396 g/mol. The molecule has 2 aromatic rings. The smallest absolute Gasteiger partial charge is 0.255 e. The van der Waals surface area contributed by atoms with Gasteiger partial charge in [0.1, 0.15) is 5.82 Å². The van der Waals surface area contributed by atoms with Crippen LogP contribution >= 0.6 is 0 Å². The van der Waals surface area contributed by atoms with Crippen LogP contribution in [0.1, 0.15) is 28.8 Å². The van der Waals surface area contributed by atoms with Crippen LogP contribution in [0.3, 0.4) is 0 Å². The molecule has 2 aliphatic rings. The highest BCUT2D eigenvalue weighted by atomic mass is 16.5. The molecule has 164 valence electrons. The first kappa shape index (κ1) is 21.3. The van der Waals surface area contributed by atoms with Crippen molar-refractivity contribution in [3.05, 3.63) is 53.7 Å². The van der Waals surface area contributed by atoms with Gasteiger partial charge in [-0.1, -0.05) is 30.3 Å². The van der Waals surface area contributed by atoms with E-state index in [0.717, 1.165) is 18.4 Å². The molecule has 8 nitrogen and oxygen atoms in total. The number of nitrogens with zero attached hydrogens (tertiary/aromatic N) is 3. The summed E-state index contributed by atoms with van der Waals surface area (Å²) in [5.41, 5.74) is 2.02. The minimum atomic E-state index is -0.225. The van der Waals surface area contributed by atoms with Gasteiger partial charge in [0.25, 0.3) is 5.91 Å². The van der Waals surface area contributed by atoms with E-state index < -0.39 is 0 Å². The molecule has 31 heavy (non-hydrogen) atoms. The number of carbonyl (C=O) groups excluding carboxylic acids is 2. The second kappa shape index (κ2) is 9.89. The van der Waals surface area contributed by atoms with Crippen LogP contribution in [-0.4, -0.2) is 66.3 Å².